The molecule has 0 aliphatic carbocycles. The molecule has 0 aromatic carbocycles. The molecule has 0 rings (SSSR count). The van der Waals surface area contributed by atoms with Gasteiger partial charge in [0.15, 0.2) is 9.84 Å². The fourth-order valence-electron chi connectivity index (χ4n) is 1.19. The second-order valence-electron chi connectivity index (χ2n) is 6.41. The summed E-state index contributed by atoms with van der Waals surface area (Å²) in [5, 5.41) is 0.0302. The fourth-order valence-corrected chi connectivity index (χ4v) is 2.51. The molecule has 0 saturated heterocycles. The maximum absolute atomic E-state index is 11.8. The monoisotopic (exact) mass is 268 g/mol. The van der Waals surface area contributed by atoms with E-state index in [1.807, 2.05) is 0 Å². The molecule has 98 valence electrons. The molecular formula is C12H25ClO2S. The van der Waals surface area contributed by atoms with Crippen LogP contribution in [0.3, 0.4) is 0 Å². The Labute approximate surface area is 106 Å². The molecule has 0 spiro atoms. The van der Waals surface area contributed by atoms with Crippen LogP contribution in [0.5, 0.6) is 0 Å². The summed E-state index contributed by atoms with van der Waals surface area (Å²) in [6, 6.07) is 0. The minimum absolute atomic E-state index is 0.0302. The van der Waals surface area contributed by atoms with E-state index >= 15 is 0 Å². The van der Waals surface area contributed by atoms with Gasteiger partial charge in [-0.15, -0.1) is 11.6 Å². The van der Waals surface area contributed by atoms with Crippen LogP contribution in [-0.4, -0.2) is 24.3 Å². The van der Waals surface area contributed by atoms with Crippen LogP contribution < -0.4 is 0 Å². The Morgan fingerprint density at radius 1 is 1.06 bits per heavy atom. The lowest BCUT2D eigenvalue weighted by molar-refractivity contribution is 0.372. The smallest absolute Gasteiger partial charge is 0.155 e. The van der Waals surface area contributed by atoms with Crippen LogP contribution >= 0.6 is 11.6 Å². The van der Waals surface area contributed by atoms with Gasteiger partial charge in [0.05, 0.1) is 10.5 Å². The fraction of sp³-hybridized carbons (Fsp3) is 1.00. The molecule has 0 fully saturated rings. The third kappa shape index (κ3) is 5.05. The van der Waals surface area contributed by atoms with Crippen molar-refractivity contribution in [1.82, 2.24) is 0 Å². The van der Waals surface area contributed by atoms with Gasteiger partial charge in [0.25, 0.3) is 0 Å². The van der Waals surface area contributed by atoms with E-state index in [0.717, 1.165) is 6.42 Å². The van der Waals surface area contributed by atoms with Crippen LogP contribution in [0, 0.1) is 5.41 Å². The normalized spacial score (nSPS) is 16.2. The van der Waals surface area contributed by atoms with E-state index in [9.17, 15) is 8.42 Å². The molecule has 16 heavy (non-hydrogen) atoms. The van der Waals surface area contributed by atoms with Gasteiger partial charge in [-0.1, -0.05) is 20.8 Å². The summed E-state index contributed by atoms with van der Waals surface area (Å²) in [7, 11) is -3.00. The largest absolute Gasteiger partial charge is 0.228 e. The lowest BCUT2D eigenvalue weighted by atomic mass is 9.89. The lowest BCUT2D eigenvalue weighted by Gasteiger charge is -2.25. The molecule has 0 heterocycles. The molecular weight excluding hydrogens is 244 g/mol. The summed E-state index contributed by atoms with van der Waals surface area (Å²) in [5.41, 5.74) is 0.0348. The van der Waals surface area contributed by atoms with Crippen molar-refractivity contribution < 1.29 is 8.42 Å². The summed E-state index contributed by atoms with van der Waals surface area (Å²) in [4.78, 5) is 0. The van der Waals surface area contributed by atoms with Gasteiger partial charge in [-0.05, 0) is 39.0 Å². The second kappa shape index (κ2) is 5.26. The highest BCUT2D eigenvalue weighted by molar-refractivity contribution is 7.92. The summed E-state index contributed by atoms with van der Waals surface area (Å²) >= 11 is 6.21. The highest BCUT2D eigenvalue weighted by atomic mass is 35.5. The van der Waals surface area contributed by atoms with Crippen molar-refractivity contribution in [3.8, 4) is 0 Å². The topological polar surface area (TPSA) is 34.1 Å². The van der Waals surface area contributed by atoms with Gasteiger partial charge in [-0.25, -0.2) is 8.42 Å². The minimum Gasteiger partial charge on any atom is -0.228 e. The van der Waals surface area contributed by atoms with E-state index in [4.69, 9.17) is 11.6 Å². The number of hydrogen-bond donors (Lipinski definition) is 0. The number of hydrogen-bond acceptors (Lipinski definition) is 2. The van der Waals surface area contributed by atoms with Gasteiger partial charge in [-0.2, -0.15) is 0 Å². The number of sulfone groups is 1. The second-order valence-corrected chi connectivity index (χ2v) is 9.80. The summed E-state index contributed by atoms with van der Waals surface area (Å²) in [5.74, 6) is 0.232. The van der Waals surface area contributed by atoms with E-state index in [2.05, 4.69) is 20.8 Å². The number of halogens is 1. The van der Waals surface area contributed by atoms with Crippen LogP contribution in [0.1, 0.15) is 54.4 Å². The van der Waals surface area contributed by atoms with Gasteiger partial charge in [0.2, 0.25) is 0 Å². The van der Waals surface area contributed by atoms with E-state index in [1.54, 1.807) is 20.8 Å². The van der Waals surface area contributed by atoms with Crippen molar-refractivity contribution in [2.24, 2.45) is 5.41 Å². The first-order valence-electron chi connectivity index (χ1n) is 5.74. The van der Waals surface area contributed by atoms with Crippen molar-refractivity contribution in [3.05, 3.63) is 0 Å². The van der Waals surface area contributed by atoms with Crippen LogP contribution in [-0.2, 0) is 9.84 Å². The Bertz CT molecular complexity index is 307. The molecule has 0 amide bonds. The molecule has 1 atom stereocenters. The van der Waals surface area contributed by atoms with Crippen molar-refractivity contribution in [3.63, 3.8) is 0 Å². The quantitative estimate of drug-likeness (QED) is 0.730. The molecule has 0 aromatic heterocycles. The number of rotatable bonds is 4. The molecule has 0 aliphatic rings. The minimum atomic E-state index is -3.00. The van der Waals surface area contributed by atoms with Crippen LogP contribution in [0.2, 0.25) is 0 Å². The summed E-state index contributed by atoms with van der Waals surface area (Å²) in [6.45, 7) is 11.4. The average Bonchev–Trinajstić information content (AvgIpc) is 1.99. The molecule has 0 aromatic rings. The van der Waals surface area contributed by atoms with E-state index in [-0.39, 0.29) is 16.5 Å². The first-order valence-corrected chi connectivity index (χ1v) is 7.83. The Morgan fingerprint density at radius 3 is 1.81 bits per heavy atom. The zero-order chi connectivity index (χ0) is 13.2. The summed E-state index contributed by atoms with van der Waals surface area (Å²) < 4.78 is 23.0. The van der Waals surface area contributed by atoms with Crippen molar-refractivity contribution >= 4 is 21.4 Å². The zero-order valence-electron chi connectivity index (χ0n) is 11.3. The maximum atomic E-state index is 11.8. The molecule has 0 saturated carbocycles. The van der Waals surface area contributed by atoms with E-state index in [0.29, 0.717) is 6.42 Å². The Balaban J connectivity index is 4.21. The molecule has 0 aliphatic heterocycles. The predicted molar refractivity (Wildman–Crippen MR) is 71.9 cm³/mol. The van der Waals surface area contributed by atoms with Crippen molar-refractivity contribution in [2.45, 2.75) is 64.5 Å². The standard InChI is InChI=1S/C12H25ClO2S/c1-11(2,3)10(13)8-7-9-16(14,15)12(4,5)6/h10H,7-9H2,1-6H3. The highest BCUT2D eigenvalue weighted by Gasteiger charge is 2.29. The van der Waals surface area contributed by atoms with Gasteiger partial charge in [0.1, 0.15) is 0 Å². The Kier molecular flexibility index (Phi) is 5.34. The highest BCUT2D eigenvalue weighted by Crippen LogP contribution is 2.28. The van der Waals surface area contributed by atoms with Crippen molar-refractivity contribution in [2.75, 3.05) is 5.75 Å². The Hall–Kier alpha value is 0.240. The summed E-state index contributed by atoms with van der Waals surface area (Å²) in [6.07, 6.45) is 1.39. The molecule has 0 N–H and O–H groups in total. The van der Waals surface area contributed by atoms with E-state index in [1.165, 1.54) is 0 Å². The maximum Gasteiger partial charge on any atom is 0.155 e. The van der Waals surface area contributed by atoms with Crippen LogP contribution in [0.25, 0.3) is 0 Å². The molecule has 2 nitrogen and oxygen atoms in total. The van der Waals surface area contributed by atoms with E-state index < -0.39 is 14.6 Å². The molecule has 0 radical (unpaired) electrons. The Morgan fingerprint density at radius 2 is 1.50 bits per heavy atom. The third-order valence-electron chi connectivity index (χ3n) is 2.74. The van der Waals surface area contributed by atoms with Gasteiger partial charge >= 0.3 is 0 Å². The van der Waals surface area contributed by atoms with Crippen LogP contribution in [0.15, 0.2) is 0 Å². The molecule has 4 heteroatoms. The third-order valence-corrected chi connectivity index (χ3v) is 6.31. The molecule has 1 unspecified atom stereocenters. The van der Waals surface area contributed by atoms with Crippen LogP contribution in [0.4, 0.5) is 0 Å². The average molecular weight is 269 g/mol. The number of alkyl halides is 1. The van der Waals surface area contributed by atoms with Gasteiger partial charge < -0.3 is 0 Å². The first kappa shape index (κ1) is 16.2. The molecule has 0 bridgehead atoms. The van der Waals surface area contributed by atoms with Gasteiger partial charge in [-0.3, -0.25) is 0 Å². The zero-order valence-corrected chi connectivity index (χ0v) is 12.9. The first-order chi connectivity index (χ1) is 6.88. The predicted octanol–water partition coefficient (Wildman–Crippen LogP) is 3.63. The van der Waals surface area contributed by atoms with Crippen molar-refractivity contribution in [1.29, 1.82) is 0 Å². The lowest BCUT2D eigenvalue weighted by Crippen LogP contribution is -2.31. The van der Waals surface area contributed by atoms with Gasteiger partial charge in [0, 0.05) is 5.38 Å². The SMILES string of the molecule is CC(C)(C)C(Cl)CCCS(=O)(=O)C(C)(C)C.